The molecule has 0 saturated heterocycles. The minimum absolute atomic E-state index is 0.364. The van der Waals surface area contributed by atoms with Gasteiger partial charge in [-0.3, -0.25) is 4.21 Å². The molecule has 0 aliphatic heterocycles. The van der Waals surface area contributed by atoms with Crippen molar-refractivity contribution in [3.05, 3.63) is 27.8 Å². The third kappa shape index (κ3) is 1.77. The molecule has 2 nitrogen and oxygen atoms in total. The Balaban J connectivity index is 3.15. The zero-order chi connectivity index (χ0) is 7.56. The molecule has 1 aromatic carbocycles. The second kappa shape index (κ2) is 3.45. The van der Waals surface area contributed by atoms with Crippen LogP contribution in [0.25, 0.3) is 0 Å². The molecule has 10 heavy (non-hydrogen) atoms. The molecule has 0 bridgehead atoms. The molecule has 4 heteroatoms. The lowest BCUT2D eigenvalue weighted by atomic mass is 10.4. The highest BCUT2D eigenvalue weighted by Gasteiger charge is 1.95. The first-order valence-electron chi connectivity index (χ1n) is 2.55. The van der Waals surface area contributed by atoms with E-state index in [2.05, 4.69) is 0 Å². The van der Waals surface area contributed by atoms with Crippen molar-refractivity contribution >= 4 is 33.7 Å². The molecule has 0 aliphatic carbocycles. The standard InChI is InChI=1S/C6H5IO2S/c7-5-3-1-2-4-6(5)10(8)9/h1-4H,(H,8,9)/p-1. The molecule has 1 unspecified atom stereocenters. The van der Waals surface area contributed by atoms with Crippen LogP contribution < -0.4 is 0 Å². The zero-order valence-corrected chi connectivity index (χ0v) is 7.89. The van der Waals surface area contributed by atoms with E-state index >= 15 is 0 Å². The summed E-state index contributed by atoms with van der Waals surface area (Å²) >= 11 is -0.115. The predicted molar refractivity (Wildman–Crippen MR) is 46.3 cm³/mol. The summed E-state index contributed by atoms with van der Waals surface area (Å²) in [5.41, 5.74) is 0. The number of hydrogen-bond donors (Lipinski definition) is 0. The van der Waals surface area contributed by atoms with E-state index in [1.807, 2.05) is 22.6 Å². The Morgan fingerprint density at radius 3 is 2.40 bits per heavy atom. The first kappa shape index (κ1) is 8.16. The van der Waals surface area contributed by atoms with E-state index in [1.54, 1.807) is 24.3 Å². The Morgan fingerprint density at radius 1 is 1.40 bits per heavy atom. The zero-order valence-electron chi connectivity index (χ0n) is 4.91. The lowest BCUT2D eigenvalue weighted by Gasteiger charge is -2.05. The largest absolute Gasteiger partial charge is 0.768 e. The number of hydrogen-bond acceptors (Lipinski definition) is 2. The van der Waals surface area contributed by atoms with Crippen molar-refractivity contribution in [2.75, 3.05) is 0 Å². The van der Waals surface area contributed by atoms with Crippen LogP contribution in [0.2, 0.25) is 0 Å². The minimum atomic E-state index is -2.10. The van der Waals surface area contributed by atoms with E-state index in [0.29, 0.717) is 4.90 Å². The van der Waals surface area contributed by atoms with E-state index in [4.69, 9.17) is 0 Å². The van der Waals surface area contributed by atoms with Crippen molar-refractivity contribution in [2.24, 2.45) is 0 Å². The second-order valence-electron chi connectivity index (χ2n) is 1.67. The lowest BCUT2D eigenvalue weighted by molar-refractivity contribution is 0.536. The van der Waals surface area contributed by atoms with Crippen molar-refractivity contribution in [3.63, 3.8) is 0 Å². The van der Waals surface area contributed by atoms with E-state index in [-0.39, 0.29) is 0 Å². The maximum atomic E-state index is 10.4. The molecule has 0 spiro atoms. The van der Waals surface area contributed by atoms with Crippen molar-refractivity contribution in [1.29, 1.82) is 0 Å². The Morgan fingerprint density at radius 2 is 2.00 bits per heavy atom. The molecule has 54 valence electrons. The van der Waals surface area contributed by atoms with Crippen molar-refractivity contribution in [2.45, 2.75) is 4.90 Å². The minimum Gasteiger partial charge on any atom is -0.768 e. The number of benzene rings is 1. The Hall–Kier alpha value is 0.0600. The van der Waals surface area contributed by atoms with Gasteiger partial charge in [0, 0.05) is 8.47 Å². The highest BCUT2D eigenvalue weighted by atomic mass is 127. The summed E-state index contributed by atoms with van der Waals surface area (Å²) in [6, 6.07) is 6.84. The fraction of sp³-hybridized carbons (Fsp3) is 0. The molecule has 1 rings (SSSR count). The molecule has 0 heterocycles. The molecular weight excluding hydrogens is 263 g/mol. The first-order chi connectivity index (χ1) is 4.72. The Labute approximate surface area is 75.1 Å². The van der Waals surface area contributed by atoms with Crippen LogP contribution >= 0.6 is 22.6 Å². The van der Waals surface area contributed by atoms with Gasteiger partial charge in [0.1, 0.15) is 0 Å². The van der Waals surface area contributed by atoms with Gasteiger partial charge in [0.25, 0.3) is 0 Å². The van der Waals surface area contributed by atoms with E-state index < -0.39 is 11.1 Å². The van der Waals surface area contributed by atoms with Crippen LogP contribution in [-0.4, -0.2) is 8.76 Å². The van der Waals surface area contributed by atoms with Gasteiger partial charge in [-0.25, -0.2) is 0 Å². The number of halogens is 1. The monoisotopic (exact) mass is 267 g/mol. The van der Waals surface area contributed by atoms with Crippen LogP contribution in [0, 0.1) is 3.57 Å². The topological polar surface area (TPSA) is 40.1 Å². The van der Waals surface area contributed by atoms with Gasteiger partial charge >= 0.3 is 0 Å². The van der Waals surface area contributed by atoms with Crippen LogP contribution in [0.15, 0.2) is 29.2 Å². The van der Waals surface area contributed by atoms with Gasteiger partial charge in [0.15, 0.2) is 0 Å². The summed E-state index contributed by atoms with van der Waals surface area (Å²) in [5.74, 6) is 0. The molecule has 0 amide bonds. The van der Waals surface area contributed by atoms with Crippen molar-refractivity contribution < 1.29 is 8.76 Å². The summed E-state index contributed by atoms with van der Waals surface area (Å²) < 4.78 is 21.6. The Kier molecular flexibility index (Phi) is 2.82. The van der Waals surface area contributed by atoms with Crippen LogP contribution in [0.5, 0.6) is 0 Å². The van der Waals surface area contributed by atoms with Crippen LogP contribution in [0.1, 0.15) is 0 Å². The molecule has 1 atom stereocenters. The van der Waals surface area contributed by atoms with Gasteiger partial charge in [0.05, 0.1) is 0 Å². The third-order valence-electron chi connectivity index (χ3n) is 1.02. The molecule has 0 radical (unpaired) electrons. The first-order valence-corrected chi connectivity index (χ1v) is 4.71. The fourth-order valence-electron chi connectivity index (χ4n) is 0.580. The van der Waals surface area contributed by atoms with Gasteiger partial charge in [-0.15, -0.1) is 0 Å². The highest BCUT2D eigenvalue weighted by molar-refractivity contribution is 14.1. The summed E-state index contributed by atoms with van der Waals surface area (Å²) in [7, 11) is 0. The summed E-state index contributed by atoms with van der Waals surface area (Å²) in [5, 5.41) is 0. The quantitative estimate of drug-likeness (QED) is 0.572. The predicted octanol–water partition coefficient (Wildman–Crippen LogP) is 1.53. The third-order valence-corrected chi connectivity index (χ3v) is 3.04. The second-order valence-corrected chi connectivity index (χ2v) is 3.74. The SMILES string of the molecule is O=S([O-])c1ccccc1I. The normalized spacial score (nSPS) is 13.0. The molecule has 0 aromatic heterocycles. The van der Waals surface area contributed by atoms with Gasteiger partial charge in [-0.05, 0) is 45.8 Å². The summed E-state index contributed by atoms with van der Waals surface area (Å²) in [6.45, 7) is 0. The van der Waals surface area contributed by atoms with Gasteiger partial charge in [0.2, 0.25) is 0 Å². The number of rotatable bonds is 1. The molecular formula is C6H4IO2S-. The average Bonchev–Trinajstić information content (AvgIpc) is 1.88. The van der Waals surface area contributed by atoms with Gasteiger partial charge in [-0.2, -0.15) is 0 Å². The van der Waals surface area contributed by atoms with Crippen molar-refractivity contribution in [3.8, 4) is 0 Å². The highest BCUT2D eigenvalue weighted by Crippen LogP contribution is 2.13. The maximum Gasteiger partial charge on any atom is 0.0382 e. The molecule has 0 aliphatic rings. The molecule has 0 N–H and O–H groups in total. The molecule has 1 aromatic rings. The smallest absolute Gasteiger partial charge is 0.0382 e. The van der Waals surface area contributed by atoms with Crippen LogP contribution in [0.4, 0.5) is 0 Å². The summed E-state index contributed by atoms with van der Waals surface area (Å²) in [4.78, 5) is 0.364. The van der Waals surface area contributed by atoms with E-state index in [9.17, 15) is 8.76 Å². The van der Waals surface area contributed by atoms with Gasteiger partial charge < -0.3 is 4.55 Å². The average molecular weight is 267 g/mol. The van der Waals surface area contributed by atoms with Crippen LogP contribution in [0.3, 0.4) is 0 Å². The summed E-state index contributed by atoms with van der Waals surface area (Å²) in [6.07, 6.45) is 0. The van der Waals surface area contributed by atoms with Gasteiger partial charge in [-0.1, -0.05) is 12.1 Å². The van der Waals surface area contributed by atoms with Crippen LogP contribution in [-0.2, 0) is 11.1 Å². The lowest BCUT2D eigenvalue weighted by Crippen LogP contribution is -1.90. The molecule has 0 saturated carbocycles. The van der Waals surface area contributed by atoms with Crippen molar-refractivity contribution in [1.82, 2.24) is 0 Å². The molecule has 0 fully saturated rings. The Bertz CT molecular complexity index is 262. The van der Waals surface area contributed by atoms with E-state index in [1.165, 1.54) is 0 Å². The maximum absolute atomic E-state index is 10.4. The van der Waals surface area contributed by atoms with E-state index in [0.717, 1.165) is 3.57 Å². The fourth-order valence-corrected chi connectivity index (χ4v) is 1.92.